The van der Waals surface area contributed by atoms with Crippen molar-refractivity contribution in [1.29, 1.82) is 0 Å². The lowest BCUT2D eigenvalue weighted by molar-refractivity contribution is -0.952. The van der Waals surface area contributed by atoms with Crippen LogP contribution in [0.3, 0.4) is 0 Å². The second-order valence-electron chi connectivity index (χ2n) is 12.8. The monoisotopic (exact) mass is 570 g/mol. The molecule has 0 aliphatic carbocycles. The van der Waals surface area contributed by atoms with Gasteiger partial charge in [0.15, 0.2) is 6.23 Å². The quantitative estimate of drug-likeness (QED) is 0.0391. The number of hydrogen-bond acceptors (Lipinski definition) is 3. The van der Waals surface area contributed by atoms with Crippen LogP contribution in [-0.2, 0) is 4.79 Å². The third-order valence-corrected chi connectivity index (χ3v) is 8.95. The zero-order valence-electron chi connectivity index (χ0n) is 28.1. The number of aliphatic hydroxyl groups excluding tert-OH is 1. The molecule has 0 aromatic rings. The van der Waals surface area contributed by atoms with Gasteiger partial charge in [0, 0.05) is 13.4 Å². The van der Waals surface area contributed by atoms with Crippen LogP contribution in [0.5, 0.6) is 0 Å². The highest BCUT2D eigenvalue weighted by Crippen LogP contribution is 2.18. The van der Waals surface area contributed by atoms with Crippen LogP contribution in [0.2, 0.25) is 0 Å². The molecule has 0 radical (unpaired) electrons. The van der Waals surface area contributed by atoms with Crippen molar-refractivity contribution in [3.8, 4) is 0 Å². The fourth-order valence-corrected chi connectivity index (χ4v) is 5.82. The van der Waals surface area contributed by atoms with E-state index in [0.29, 0.717) is 0 Å². The van der Waals surface area contributed by atoms with Gasteiger partial charge in [0.25, 0.3) is 0 Å². The van der Waals surface area contributed by atoms with Gasteiger partial charge in [0.2, 0.25) is 0 Å². The van der Waals surface area contributed by atoms with Gasteiger partial charge in [0.05, 0.1) is 20.1 Å². The molecule has 0 aromatic heterocycles. The van der Waals surface area contributed by atoms with E-state index in [0.717, 1.165) is 17.6 Å². The number of carboxylic acid groups (broad SMARTS) is 1. The minimum absolute atomic E-state index is 0.232. The maximum atomic E-state index is 10.5. The fourth-order valence-electron chi connectivity index (χ4n) is 5.82. The van der Waals surface area contributed by atoms with Crippen molar-refractivity contribution >= 4 is 6.47 Å². The first-order chi connectivity index (χ1) is 19.5. The predicted octanol–water partition coefficient (Wildman–Crippen LogP) is 10.1. The van der Waals surface area contributed by atoms with E-state index in [2.05, 4.69) is 20.9 Å². The van der Waals surface area contributed by atoms with Gasteiger partial charge in [-0.05, 0) is 25.7 Å². The fraction of sp³-hybridized carbons (Fsp3) is 0.972. The van der Waals surface area contributed by atoms with Crippen LogP contribution in [-0.4, -0.2) is 42.4 Å². The Morgan fingerprint density at radius 3 is 0.850 bits per heavy atom. The first kappa shape index (κ1) is 41.5. The molecule has 0 aromatic carbocycles. The largest absolute Gasteiger partial charge is 0.554 e. The number of quaternary nitrogens is 1. The van der Waals surface area contributed by atoms with E-state index in [1.165, 1.54) is 180 Å². The summed E-state index contributed by atoms with van der Waals surface area (Å²) in [7, 11) is 2.29. The van der Waals surface area contributed by atoms with E-state index in [1.54, 1.807) is 0 Å². The molecule has 0 aliphatic heterocycles. The zero-order valence-corrected chi connectivity index (χ0v) is 28.1. The van der Waals surface area contributed by atoms with Crippen LogP contribution in [0.15, 0.2) is 0 Å². The van der Waals surface area contributed by atoms with Gasteiger partial charge in [-0.25, -0.2) is 0 Å². The number of rotatable bonds is 31. The summed E-state index contributed by atoms with van der Waals surface area (Å²) in [5.74, 6) is 0. The SMILES string of the molecule is CCCCCCCCCCCCCCCC[N+](C)(CCCCCCCCCCCCCCCC)C(C)O.O=C[O-]. The molecular weight excluding hydrogens is 494 g/mol. The first-order valence-corrected chi connectivity index (χ1v) is 18.1. The summed E-state index contributed by atoms with van der Waals surface area (Å²) in [6.45, 7) is 8.40. The van der Waals surface area contributed by atoms with Crippen molar-refractivity contribution in [2.24, 2.45) is 0 Å². The van der Waals surface area contributed by atoms with Gasteiger partial charge in [0.1, 0.15) is 0 Å². The van der Waals surface area contributed by atoms with Gasteiger partial charge in [-0.15, -0.1) is 0 Å². The summed E-state index contributed by atoms with van der Waals surface area (Å²) in [6.07, 6.45) is 39.3. The molecule has 1 unspecified atom stereocenters. The normalized spacial score (nSPS) is 12.2. The van der Waals surface area contributed by atoms with Crippen LogP contribution in [0.25, 0.3) is 0 Å². The molecule has 4 nitrogen and oxygen atoms in total. The summed E-state index contributed by atoms with van der Waals surface area (Å²) in [6, 6.07) is 0. The summed E-state index contributed by atoms with van der Waals surface area (Å²) in [4.78, 5) is 8.25. The zero-order chi connectivity index (χ0) is 30.0. The number of unbranched alkanes of at least 4 members (excludes halogenated alkanes) is 26. The van der Waals surface area contributed by atoms with E-state index >= 15 is 0 Å². The summed E-state index contributed by atoms with van der Waals surface area (Å²) >= 11 is 0. The Morgan fingerprint density at radius 1 is 0.500 bits per heavy atom. The van der Waals surface area contributed by atoms with Crippen molar-refractivity contribution in [3.63, 3.8) is 0 Å². The smallest absolute Gasteiger partial charge is 0.187 e. The Morgan fingerprint density at radius 2 is 0.675 bits per heavy atom. The maximum Gasteiger partial charge on any atom is 0.187 e. The molecule has 242 valence electrons. The van der Waals surface area contributed by atoms with E-state index in [9.17, 15) is 5.11 Å². The average Bonchev–Trinajstić information content (AvgIpc) is 2.93. The van der Waals surface area contributed by atoms with Crippen molar-refractivity contribution in [2.75, 3.05) is 20.1 Å². The second-order valence-corrected chi connectivity index (χ2v) is 12.8. The van der Waals surface area contributed by atoms with Crippen molar-refractivity contribution < 1.29 is 19.5 Å². The molecule has 0 spiro atoms. The van der Waals surface area contributed by atoms with Gasteiger partial charge in [-0.1, -0.05) is 168 Å². The number of nitrogens with zero attached hydrogens (tertiary/aromatic N) is 1. The highest BCUT2D eigenvalue weighted by molar-refractivity contribution is 5.29. The molecule has 1 N–H and O–H groups in total. The van der Waals surface area contributed by atoms with E-state index in [1.807, 2.05) is 6.92 Å². The third kappa shape index (κ3) is 31.9. The molecule has 0 aliphatic rings. The molecule has 0 fully saturated rings. The minimum Gasteiger partial charge on any atom is -0.554 e. The van der Waals surface area contributed by atoms with E-state index < -0.39 is 6.47 Å². The highest BCUT2D eigenvalue weighted by Gasteiger charge is 2.26. The Balaban J connectivity index is 0. The van der Waals surface area contributed by atoms with Crippen LogP contribution in [0, 0.1) is 0 Å². The predicted molar refractivity (Wildman–Crippen MR) is 174 cm³/mol. The Kier molecular flexibility index (Phi) is 35.9. The molecule has 0 heterocycles. The molecule has 0 saturated carbocycles. The van der Waals surface area contributed by atoms with Crippen LogP contribution < -0.4 is 5.11 Å². The molecule has 0 saturated heterocycles. The van der Waals surface area contributed by atoms with Crippen molar-refractivity contribution in [1.82, 2.24) is 0 Å². The molecule has 0 bridgehead atoms. The second kappa shape index (κ2) is 34.6. The van der Waals surface area contributed by atoms with Gasteiger partial charge in [-0.2, -0.15) is 0 Å². The Labute approximate surface area is 252 Å². The number of aliphatic hydroxyl groups is 1. The highest BCUT2D eigenvalue weighted by atomic mass is 16.3. The minimum atomic E-state index is -0.500. The lowest BCUT2D eigenvalue weighted by atomic mass is 10.0. The first-order valence-electron chi connectivity index (χ1n) is 18.1. The van der Waals surface area contributed by atoms with Gasteiger partial charge >= 0.3 is 0 Å². The summed E-state index contributed by atoms with van der Waals surface area (Å²) < 4.78 is 0.858. The molecular formula is C36H75NO3. The van der Waals surface area contributed by atoms with Crippen LogP contribution >= 0.6 is 0 Å². The van der Waals surface area contributed by atoms with Crippen LogP contribution in [0.4, 0.5) is 0 Å². The molecule has 0 amide bonds. The lowest BCUT2D eigenvalue weighted by Crippen LogP contribution is -2.52. The van der Waals surface area contributed by atoms with Crippen LogP contribution in [0.1, 0.15) is 201 Å². The molecule has 4 heteroatoms. The summed E-state index contributed by atoms with van der Waals surface area (Å²) in [5, 5.41) is 18.7. The van der Waals surface area contributed by atoms with Crippen molar-refractivity contribution in [3.05, 3.63) is 0 Å². The van der Waals surface area contributed by atoms with Gasteiger partial charge < -0.3 is 19.5 Å². The number of carbonyl (C=O) groups is 1. The van der Waals surface area contributed by atoms with E-state index in [4.69, 9.17) is 9.90 Å². The Bertz CT molecular complexity index is 437. The number of carbonyl (C=O) groups excluding carboxylic acids is 1. The van der Waals surface area contributed by atoms with Gasteiger partial charge in [-0.3, -0.25) is 0 Å². The average molecular weight is 570 g/mol. The third-order valence-electron chi connectivity index (χ3n) is 8.95. The Hall–Kier alpha value is -0.610. The molecule has 40 heavy (non-hydrogen) atoms. The maximum absolute atomic E-state index is 10.5. The molecule has 1 atom stereocenters. The number of hydrogen-bond donors (Lipinski definition) is 1. The van der Waals surface area contributed by atoms with Crippen molar-refractivity contribution in [2.45, 2.75) is 207 Å². The lowest BCUT2D eigenvalue weighted by Gasteiger charge is -2.37. The summed E-state index contributed by atoms with van der Waals surface area (Å²) in [5.41, 5.74) is 0. The van der Waals surface area contributed by atoms with E-state index in [-0.39, 0.29) is 6.23 Å². The topological polar surface area (TPSA) is 60.4 Å². The molecule has 0 rings (SSSR count). The standard InChI is InChI=1S/C35H74NO.CH2O2/c1-5-7-9-11-13-15-17-19-21-23-25-27-29-31-33-36(4,35(3)37)34-32-30-28-26-24-22-20-18-16-14-12-10-8-6-2;2-1-3/h35,37H,5-34H2,1-4H3;1H,(H,2,3)/q+1;/p-1.